The molecular formula is C17H21N3OS2. The highest BCUT2D eigenvalue weighted by atomic mass is 32.2. The van der Waals surface area contributed by atoms with Crippen molar-refractivity contribution in [1.82, 2.24) is 9.78 Å². The molecule has 122 valence electrons. The van der Waals surface area contributed by atoms with Crippen molar-refractivity contribution in [2.24, 2.45) is 4.99 Å². The molecule has 1 aliphatic heterocycles. The van der Waals surface area contributed by atoms with Gasteiger partial charge in [-0.25, -0.2) is 4.99 Å². The number of thioether (sulfide) groups is 1. The molecule has 1 atom stereocenters. The van der Waals surface area contributed by atoms with Crippen LogP contribution in [0, 0.1) is 0 Å². The molecule has 1 aliphatic carbocycles. The van der Waals surface area contributed by atoms with Crippen molar-refractivity contribution < 1.29 is 0 Å². The Morgan fingerprint density at radius 1 is 1.26 bits per heavy atom. The maximum Gasteiger partial charge on any atom is 0.271 e. The predicted octanol–water partition coefficient (Wildman–Crippen LogP) is 5.02. The quantitative estimate of drug-likeness (QED) is 0.776. The van der Waals surface area contributed by atoms with Gasteiger partial charge in [0, 0.05) is 4.88 Å². The summed E-state index contributed by atoms with van der Waals surface area (Å²) < 4.78 is 2.08. The van der Waals surface area contributed by atoms with E-state index in [9.17, 15) is 4.79 Å². The first-order valence-corrected chi connectivity index (χ1v) is 10.1. The van der Waals surface area contributed by atoms with Crippen molar-refractivity contribution in [1.29, 1.82) is 0 Å². The molecule has 1 N–H and O–H groups in total. The van der Waals surface area contributed by atoms with Crippen LogP contribution in [-0.4, -0.2) is 14.8 Å². The van der Waals surface area contributed by atoms with Crippen LogP contribution in [0.4, 0.5) is 5.82 Å². The van der Waals surface area contributed by atoms with Gasteiger partial charge in [-0.15, -0.1) is 11.3 Å². The molecule has 0 spiro atoms. The van der Waals surface area contributed by atoms with Crippen molar-refractivity contribution in [2.75, 3.05) is 0 Å². The first-order valence-electron chi connectivity index (χ1n) is 8.34. The van der Waals surface area contributed by atoms with Gasteiger partial charge in [0.05, 0.1) is 21.9 Å². The third kappa shape index (κ3) is 2.83. The third-order valence-corrected chi connectivity index (χ3v) is 6.99. The number of hydrogen-bond acceptors (Lipinski definition) is 4. The lowest BCUT2D eigenvalue weighted by Crippen LogP contribution is -2.13. The minimum Gasteiger partial charge on any atom is -0.268 e. The molecule has 3 heterocycles. The van der Waals surface area contributed by atoms with Crippen LogP contribution in [0.5, 0.6) is 0 Å². The molecule has 0 radical (unpaired) electrons. The van der Waals surface area contributed by atoms with Gasteiger partial charge in [-0.2, -0.15) is 0 Å². The number of H-pyrrole nitrogens is 1. The average molecular weight is 348 g/mol. The number of nitrogens with zero attached hydrogens (tertiary/aromatic N) is 2. The summed E-state index contributed by atoms with van der Waals surface area (Å²) in [5, 5.41) is 6.31. The first kappa shape index (κ1) is 15.3. The van der Waals surface area contributed by atoms with Gasteiger partial charge >= 0.3 is 0 Å². The van der Waals surface area contributed by atoms with Gasteiger partial charge in [-0.1, -0.05) is 43.5 Å². The highest BCUT2D eigenvalue weighted by Crippen LogP contribution is 2.46. The van der Waals surface area contributed by atoms with Crippen LogP contribution in [0.2, 0.25) is 0 Å². The van der Waals surface area contributed by atoms with Crippen LogP contribution < -0.4 is 5.56 Å². The van der Waals surface area contributed by atoms with Gasteiger partial charge in [0.25, 0.3) is 5.56 Å². The Kier molecular flexibility index (Phi) is 4.20. The number of rotatable bonds is 2. The molecule has 4 rings (SSSR count). The van der Waals surface area contributed by atoms with E-state index >= 15 is 0 Å². The summed E-state index contributed by atoms with van der Waals surface area (Å²) >= 11 is 3.41. The van der Waals surface area contributed by atoms with Crippen molar-refractivity contribution in [3.63, 3.8) is 0 Å². The number of nitrogens with one attached hydrogen (secondary N) is 1. The smallest absolute Gasteiger partial charge is 0.268 e. The number of aromatic nitrogens is 2. The van der Waals surface area contributed by atoms with Crippen LogP contribution in [0.25, 0.3) is 0 Å². The molecule has 0 saturated heterocycles. The second-order valence-corrected chi connectivity index (χ2v) is 8.61. The maximum atomic E-state index is 12.7. The Hall–Kier alpha value is -1.27. The minimum atomic E-state index is 0.0337. The summed E-state index contributed by atoms with van der Waals surface area (Å²) in [4.78, 5) is 18.7. The summed E-state index contributed by atoms with van der Waals surface area (Å²) in [7, 11) is 0. The van der Waals surface area contributed by atoms with E-state index in [0.29, 0.717) is 6.04 Å². The summed E-state index contributed by atoms with van der Waals surface area (Å²) in [5.74, 6) is 0.872. The van der Waals surface area contributed by atoms with Crippen LogP contribution in [-0.2, 0) is 0 Å². The van der Waals surface area contributed by atoms with Gasteiger partial charge < -0.3 is 0 Å². The molecule has 6 heteroatoms. The zero-order valence-electron chi connectivity index (χ0n) is 13.2. The van der Waals surface area contributed by atoms with Gasteiger partial charge in [0.15, 0.2) is 5.82 Å². The molecule has 0 amide bonds. The highest BCUT2D eigenvalue weighted by Gasteiger charge is 2.32. The monoisotopic (exact) mass is 347 g/mol. The Morgan fingerprint density at radius 2 is 2.04 bits per heavy atom. The fraction of sp³-hybridized carbons (Fsp3) is 0.529. The molecular weight excluding hydrogens is 326 g/mol. The second kappa shape index (κ2) is 6.32. The van der Waals surface area contributed by atoms with Crippen LogP contribution in [0.1, 0.15) is 67.2 Å². The van der Waals surface area contributed by atoms with Crippen molar-refractivity contribution in [3.8, 4) is 0 Å². The Balaban J connectivity index is 1.80. The maximum absolute atomic E-state index is 12.7. The van der Waals surface area contributed by atoms with E-state index in [-0.39, 0.29) is 10.8 Å². The molecule has 2 aliphatic rings. The fourth-order valence-electron chi connectivity index (χ4n) is 3.63. The second-order valence-electron chi connectivity index (χ2n) is 6.34. The van der Waals surface area contributed by atoms with E-state index in [0.717, 1.165) is 29.3 Å². The Morgan fingerprint density at radius 3 is 2.74 bits per heavy atom. The lowest BCUT2D eigenvalue weighted by molar-refractivity contribution is 0.407. The number of hydrogen-bond donors (Lipinski definition) is 1. The largest absolute Gasteiger partial charge is 0.271 e. The molecule has 1 fully saturated rings. The standard InChI is InChI=1S/C17H21N3OS2/c1-11-18-16-14(15(23-11)13-9-6-10-22-13)17(21)19-20(16)12-7-4-2-3-5-8-12/h6,9-10,12,15H,2-5,7-8H2,1H3,(H,19,21)/t15-/m0/s1. The van der Waals surface area contributed by atoms with Crippen molar-refractivity contribution in [3.05, 3.63) is 38.3 Å². The Bertz CT molecular complexity index is 764. The van der Waals surface area contributed by atoms with Gasteiger partial charge in [0.1, 0.15) is 0 Å². The van der Waals surface area contributed by atoms with Crippen molar-refractivity contribution in [2.45, 2.75) is 56.7 Å². The topological polar surface area (TPSA) is 50.1 Å². The normalized spacial score (nSPS) is 22.5. The van der Waals surface area contributed by atoms with E-state index < -0.39 is 0 Å². The van der Waals surface area contributed by atoms with Crippen LogP contribution in [0.3, 0.4) is 0 Å². The SMILES string of the molecule is CC1=Nc2c(c(=O)[nH]n2C2CCCCCC2)[C@H](c2cccs2)S1. The predicted molar refractivity (Wildman–Crippen MR) is 98.3 cm³/mol. The summed E-state index contributed by atoms with van der Waals surface area (Å²) in [6.45, 7) is 2.04. The summed E-state index contributed by atoms with van der Waals surface area (Å²) in [6.07, 6.45) is 7.38. The van der Waals surface area contributed by atoms with E-state index in [1.807, 2.05) is 6.92 Å². The fourth-order valence-corrected chi connectivity index (χ4v) is 5.66. The summed E-state index contributed by atoms with van der Waals surface area (Å²) in [6, 6.07) is 4.56. The molecule has 0 aromatic carbocycles. The lowest BCUT2D eigenvalue weighted by atomic mass is 10.1. The van der Waals surface area contributed by atoms with E-state index in [1.54, 1.807) is 23.1 Å². The molecule has 4 nitrogen and oxygen atoms in total. The van der Waals surface area contributed by atoms with Crippen LogP contribution >= 0.6 is 23.1 Å². The molecule has 2 aromatic rings. The van der Waals surface area contributed by atoms with Gasteiger partial charge in [-0.05, 0) is 31.2 Å². The van der Waals surface area contributed by atoms with Crippen LogP contribution in [0.15, 0.2) is 27.3 Å². The summed E-state index contributed by atoms with van der Waals surface area (Å²) in [5.41, 5.74) is 0.874. The van der Waals surface area contributed by atoms with E-state index in [2.05, 4.69) is 27.3 Å². The lowest BCUT2D eigenvalue weighted by Gasteiger charge is -2.22. The third-order valence-electron chi connectivity index (χ3n) is 4.74. The zero-order chi connectivity index (χ0) is 15.8. The van der Waals surface area contributed by atoms with Gasteiger partial charge in [0.2, 0.25) is 0 Å². The molecule has 23 heavy (non-hydrogen) atoms. The number of aliphatic imine (C=N–C) groups is 1. The van der Waals surface area contributed by atoms with E-state index in [1.165, 1.54) is 30.6 Å². The molecule has 2 aromatic heterocycles. The van der Waals surface area contributed by atoms with E-state index in [4.69, 9.17) is 4.99 Å². The molecule has 0 bridgehead atoms. The average Bonchev–Trinajstić information content (AvgIpc) is 3.08. The molecule has 0 unspecified atom stereocenters. The highest BCUT2D eigenvalue weighted by molar-refractivity contribution is 8.14. The van der Waals surface area contributed by atoms with Crippen molar-refractivity contribution >= 4 is 34.0 Å². The number of aromatic amines is 1. The zero-order valence-corrected chi connectivity index (χ0v) is 14.9. The minimum absolute atomic E-state index is 0.0337. The number of fused-ring (bicyclic) bond motifs is 1. The Labute approximate surface area is 144 Å². The molecule has 1 saturated carbocycles. The number of thiophene rings is 1. The van der Waals surface area contributed by atoms with Gasteiger partial charge in [-0.3, -0.25) is 14.6 Å². The first-order chi connectivity index (χ1) is 11.2.